The van der Waals surface area contributed by atoms with Crippen molar-refractivity contribution in [3.63, 3.8) is 0 Å². The number of amides is 4. The third kappa shape index (κ3) is 4.33. The zero-order valence-corrected chi connectivity index (χ0v) is 17.6. The van der Waals surface area contributed by atoms with E-state index < -0.39 is 12.2 Å². The Labute approximate surface area is 184 Å². The number of ether oxygens (including phenoxy) is 2. The second kappa shape index (κ2) is 9.19. The van der Waals surface area contributed by atoms with Crippen molar-refractivity contribution in [3.8, 4) is 0 Å². The monoisotopic (exact) mass is 437 g/mol. The Balaban J connectivity index is 1.34. The van der Waals surface area contributed by atoms with E-state index in [-0.39, 0.29) is 30.9 Å². The van der Waals surface area contributed by atoms with Crippen LogP contribution in [-0.2, 0) is 14.3 Å². The normalized spacial score (nSPS) is 16.7. The minimum absolute atomic E-state index is 0.0195. The van der Waals surface area contributed by atoms with Gasteiger partial charge >= 0.3 is 6.09 Å². The molecule has 4 amide bonds. The Kier molecular flexibility index (Phi) is 6.18. The van der Waals surface area contributed by atoms with Gasteiger partial charge in [0.25, 0.3) is 17.7 Å². The quantitative estimate of drug-likeness (QED) is 0.697. The predicted octanol–water partition coefficient (Wildman–Crippen LogP) is 2.67. The number of fused-ring (bicyclic) bond motifs is 1. The molecule has 2 heterocycles. The van der Waals surface area contributed by atoms with Crippen LogP contribution in [-0.4, -0.2) is 61.1 Å². The van der Waals surface area contributed by atoms with E-state index in [0.717, 1.165) is 4.90 Å². The largest absolute Gasteiger partial charge is 0.444 e. The molecule has 2 aromatic carbocycles. The van der Waals surface area contributed by atoms with Gasteiger partial charge in [0.15, 0.2) is 0 Å². The fraction of sp³-hybridized carbons (Fsp3) is 0.304. The summed E-state index contributed by atoms with van der Waals surface area (Å²) in [6.45, 7) is 2.80. The predicted molar refractivity (Wildman–Crippen MR) is 116 cm³/mol. The Bertz CT molecular complexity index is 1020. The third-order valence-corrected chi connectivity index (χ3v) is 5.40. The van der Waals surface area contributed by atoms with Crippen molar-refractivity contribution in [2.75, 3.05) is 36.5 Å². The SMILES string of the molecule is CC[C@H](CN1C(=O)c2ccccc2C1=O)OC(=O)Nc1ccc(N2CCOCC2=O)cc1. The van der Waals surface area contributed by atoms with Gasteiger partial charge in [-0.3, -0.25) is 24.6 Å². The molecular weight excluding hydrogens is 414 g/mol. The molecular formula is C23H23N3O6. The first-order valence-corrected chi connectivity index (χ1v) is 10.4. The van der Waals surface area contributed by atoms with Crippen LogP contribution >= 0.6 is 0 Å². The van der Waals surface area contributed by atoms with E-state index in [4.69, 9.17) is 9.47 Å². The highest BCUT2D eigenvalue weighted by molar-refractivity contribution is 6.21. The molecule has 32 heavy (non-hydrogen) atoms. The first-order valence-electron chi connectivity index (χ1n) is 10.4. The maximum atomic E-state index is 12.5. The summed E-state index contributed by atoms with van der Waals surface area (Å²) in [5.41, 5.74) is 1.93. The standard InChI is InChI=1S/C23H23N3O6/c1-2-17(13-26-21(28)18-5-3-4-6-19(18)22(26)29)32-23(30)24-15-7-9-16(10-8-15)25-11-12-31-14-20(25)27/h3-10,17H,2,11-14H2,1H3,(H,24,30)/t17-/m1/s1. The Morgan fingerprint density at radius 2 is 1.72 bits per heavy atom. The zero-order chi connectivity index (χ0) is 22.7. The summed E-state index contributed by atoms with van der Waals surface area (Å²) in [4.78, 5) is 52.1. The maximum Gasteiger partial charge on any atom is 0.411 e. The summed E-state index contributed by atoms with van der Waals surface area (Å²) in [5, 5.41) is 2.63. The lowest BCUT2D eigenvalue weighted by atomic mass is 10.1. The van der Waals surface area contributed by atoms with Crippen molar-refractivity contribution < 1.29 is 28.7 Å². The summed E-state index contributed by atoms with van der Waals surface area (Å²) in [6, 6.07) is 13.4. The lowest BCUT2D eigenvalue weighted by Gasteiger charge is -2.27. The highest BCUT2D eigenvalue weighted by Gasteiger charge is 2.36. The van der Waals surface area contributed by atoms with Crippen LogP contribution in [0.25, 0.3) is 0 Å². The third-order valence-electron chi connectivity index (χ3n) is 5.40. The molecule has 1 N–H and O–H groups in total. The van der Waals surface area contributed by atoms with Crippen LogP contribution in [0.3, 0.4) is 0 Å². The van der Waals surface area contributed by atoms with Crippen molar-refractivity contribution in [2.45, 2.75) is 19.4 Å². The van der Waals surface area contributed by atoms with Gasteiger partial charge in [-0.2, -0.15) is 0 Å². The number of carbonyl (C=O) groups excluding carboxylic acids is 4. The molecule has 9 nitrogen and oxygen atoms in total. The Morgan fingerprint density at radius 1 is 1.06 bits per heavy atom. The molecule has 1 atom stereocenters. The lowest BCUT2D eigenvalue weighted by Crippen LogP contribution is -2.41. The number of nitrogens with one attached hydrogen (secondary N) is 1. The van der Waals surface area contributed by atoms with Gasteiger partial charge in [-0.25, -0.2) is 4.79 Å². The molecule has 0 radical (unpaired) electrons. The van der Waals surface area contributed by atoms with Crippen LogP contribution in [0.4, 0.5) is 16.2 Å². The molecule has 9 heteroatoms. The number of imide groups is 1. The van der Waals surface area contributed by atoms with Gasteiger partial charge in [0, 0.05) is 17.9 Å². The summed E-state index contributed by atoms with van der Waals surface area (Å²) in [6.07, 6.45) is -0.912. The van der Waals surface area contributed by atoms with Gasteiger partial charge in [-0.1, -0.05) is 19.1 Å². The van der Waals surface area contributed by atoms with E-state index in [0.29, 0.717) is 42.1 Å². The molecule has 0 aliphatic carbocycles. The van der Waals surface area contributed by atoms with E-state index in [1.807, 2.05) is 6.92 Å². The summed E-state index contributed by atoms with van der Waals surface area (Å²) >= 11 is 0. The molecule has 1 fully saturated rings. The van der Waals surface area contributed by atoms with E-state index in [9.17, 15) is 19.2 Å². The molecule has 2 aliphatic rings. The number of morpholine rings is 1. The minimum Gasteiger partial charge on any atom is -0.444 e. The molecule has 2 aromatic rings. The van der Waals surface area contributed by atoms with Gasteiger partial charge in [0.1, 0.15) is 12.7 Å². The van der Waals surface area contributed by atoms with Crippen LogP contribution < -0.4 is 10.2 Å². The summed E-state index contributed by atoms with van der Waals surface area (Å²) in [7, 11) is 0. The first-order chi connectivity index (χ1) is 15.5. The number of rotatable bonds is 6. The smallest absolute Gasteiger partial charge is 0.411 e. The zero-order valence-electron chi connectivity index (χ0n) is 17.6. The number of nitrogens with zero attached hydrogens (tertiary/aromatic N) is 2. The second-order valence-electron chi connectivity index (χ2n) is 7.47. The van der Waals surface area contributed by atoms with Crippen LogP contribution in [0.5, 0.6) is 0 Å². The van der Waals surface area contributed by atoms with E-state index in [2.05, 4.69) is 5.32 Å². The van der Waals surface area contributed by atoms with Gasteiger partial charge in [-0.15, -0.1) is 0 Å². The van der Waals surface area contributed by atoms with Crippen molar-refractivity contribution in [1.82, 2.24) is 4.90 Å². The number of anilines is 2. The van der Waals surface area contributed by atoms with Crippen LogP contribution in [0.2, 0.25) is 0 Å². The first kappa shape index (κ1) is 21.5. The fourth-order valence-electron chi connectivity index (χ4n) is 3.67. The molecule has 4 rings (SSSR count). The van der Waals surface area contributed by atoms with Crippen molar-refractivity contribution in [1.29, 1.82) is 0 Å². The van der Waals surface area contributed by atoms with E-state index in [1.165, 1.54) is 0 Å². The van der Waals surface area contributed by atoms with Gasteiger partial charge in [-0.05, 0) is 42.8 Å². The number of benzene rings is 2. The Hall–Kier alpha value is -3.72. The topological polar surface area (TPSA) is 105 Å². The molecule has 1 saturated heterocycles. The molecule has 166 valence electrons. The highest BCUT2D eigenvalue weighted by Crippen LogP contribution is 2.24. The summed E-state index contributed by atoms with van der Waals surface area (Å²) < 4.78 is 10.6. The maximum absolute atomic E-state index is 12.5. The average molecular weight is 437 g/mol. The number of hydrogen-bond acceptors (Lipinski definition) is 6. The lowest BCUT2D eigenvalue weighted by molar-refractivity contribution is -0.125. The van der Waals surface area contributed by atoms with Gasteiger partial charge in [0.2, 0.25) is 0 Å². The van der Waals surface area contributed by atoms with Crippen LogP contribution in [0.15, 0.2) is 48.5 Å². The van der Waals surface area contributed by atoms with Crippen LogP contribution in [0, 0.1) is 0 Å². The fourth-order valence-corrected chi connectivity index (χ4v) is 3.67. The summed E-state index contributed by atoms with van der Waals surface area (Å²) in [5.74, 6) is -0.891. The second-order valence-corrected chi connectivity index (χ2v) is 7.47. The van der Waals surface area contributed by atoms with E-state index >= 15 is 0 Å². The Morgan fingerprint density at radius 3 is 2.31 bits per heavy atom. The van der Waals surface area contributed by atoms with Crippen molar-refractivity contribution in [2.24, 2.45) is 0 Å². The van der Waals surface area contributed by atoms with Gasteiger partial charge in [0.05, 0.1) is 24.3 Å². The molecule has 0 aromatic heterocycles. The van der Waals surface area contributed by atoms with Gasteiger partial charge < -0.3 is 14.4 Å². The minimum atomic E-state index is -0.691. The average Bonchev–Trinajstić information content (AvgIpc) is 3.04. The number of carbonyl (C=O) groups is 4. The van der Waals surface area contributed by atoms with E-state index in [1.54, 1.807) is 53.4 Å². The molecule has 0 spiro atoms. The van der Waals surface area contributed by atoms with Crippen molar-refractivity contribution >= 4 is 35.2 Å². The highest BCUT2D eigenvalue weighted by atomic mass is 16.6. The van der Waals surface area contributed by atoms with Crippen molar-refractivity contribution in [3.05, 3.63) is 59.7 Å². The molecule has 0 saturated carbocycles. The van der Waals surface area contributed by atoms with Crippen LogP contribution in [0.1, 0.15) is 34.1 Å². The number of hydrogen-bond donors (Lipinski definition) is 1. The molecule has 2 aliphatic heterocycles. The molecule has 0 unspecified atom stereocenters. The molecule has 0 bridgehead atoms.